The van der Waals surface area contributed by atoms with Crippen molar-refractivity contribution in [1.29, 1.82) is 0 Å². The molecule has 0 spiro atoms. The minimum Gasteiger partial charge on any atom is -0.483 e. The first-order valence-corrected chi connectivity index (χ1v) is 9.03. The summed E-state index contributed by atoms with van der Waals surface area (Å²) in [7, 11) is 0. The van der Waals surface area contributed by atoms with Crippen LogP contribution >= 0.6 is 0 Å². The molecular weight excluding hydrogens is 348 g/mol. The molecule has 2 aromatic rings. The molecular formula is C20H24N2O5. The number of hydrogen-bond donors (Lipinski definition) is 1. The largest absolute Gasteiger partial charge is 0.483 e. The number of primary amides is 1. The SMILES string of the molecule is Cc1c(C)c2ccc(OCC(=O)N3CCC(C(N)=O)CC3)c(C)c2oc1=O. The van der Waals surface area contributed by atoms with Crippen molar-refractivity contribution in [1.82, 2.24) is 4.90 Å². The van der Waals surface area contributed by atoms with Crippen molar-refractivity contribution in [2.24, 2.45) is 11.7 Å². The van der Waals surface area contributed by atoms with Crippen LogP contribution in [-0.4, -0.2) is 36.4 Å². The van der Waals surface area contributed by atoms with E-state index in [0.29, 0.717) is 48.4 Å². The van der Waals surface area contributed by atoms with Crippen molar-refractivity contribution in [3.05, 3.63) is 39.2 Å². The Bertz CT molecular complexity index is 955. The zero-order chi connectivity index (χ0) is 19.7. The Hall–Kier alpha value is -2.83. The third kappa shape index (κ3) is 3.67. The van der Waals surface area contributed by atoms with Crippen LogP contribution in [0.1, 0.15) is 29.5 Å². The minimum atomic E-state index is -0.367. The number of fused-ring (bicyclic) bond motifs is 1. The van der Waals surface area contributed by atoms with Gasteiger partial charge in [0.25, 0.3) is 5.91 Å². The first-order chi connectivity index (χ1) is 12.8. The van der Waals surface area contributed by atoms with E-state index in [9.17, 15) is 14.4 Å². The molecule has 144 valence electrons. The van der Waals surface area contributed by atoms with Crippen LogP contribution in [0, 0.1) is 26.7 Å². The monoisotopic (exact) mass is 372 g/mol. The van der Waals surface area contributed by atoms with Crippen LogP contribution in [0.4, 0.5) is 0 Å². The van der Waals surface area contributed by atoms with Gasteiger partial charge in [0.15, 0.2) is 6.61 Å². The topological polar surface area (TPSA) is 103 Å². The maximum absolute atomic E-state index is 12.4. The number of rotatable bonds is 4. The fourth-order valence-electron chi connectivity index (χ4n) is 3.43. The van der Waals surface area contributed by atoms with Gasteiger partial charge in [-0.1, -0.05) is 0 Å². The van der Waals surface area contributed by atoms with Gasteiger partial charge in [-0.25, -0.2) is 4.79 Å². The van der Waals surface area contributed by atoms with Crippen molar-refractivity contribution in [2.45, 2.75) is 33.6 Å². The van der Waals surface area contributed by atoms with Crippen LogP contribution in [-0.2, 0) is 9.59 Å². The highest BCUT2D eigenvalue weighted by atomic mass is 16.5. The predicted octanol–water partition coefficient (Wildman–Crippen LogP) is 1.82. The Morgan fingerprint density at radius 3 is 2.44 bits per heavy atom. The van der Waals surface area contributed by atoms with Crippen molar-refractivity contribution < 1.29 is 18.7 Å². The molecule has 3 rings (SSSR count). The molecule has 0 unspecified atom stereocenters. The molecule has 2 amide bonds. The molecule has 0 saturated carbocycles. The number of carbonyl (C=O) groups is 2. The van der Waals surface area contributed by atoms with E-state index in [1.165, 1.54) is 0 Å². The number of amides is 2. The molecule has 0 radical (unpaired) electrons. The van der Waals surface area contributed by atoms with Crippen molar-refractivity contribution >= 4 is 22.8 Å². The summed E-state index contributed by atoms with van der Waals surface area (Å²) in [6.45, 7) is 6.31. The maximum atomic E-state index is 12.4. The van der Waals surface area contributed by atoms with E-state index >= 15 is 0 Å². The minimum absolute atomic E-state index is 0.108. The summed E-state index contributed by atoms with van der Waals surface area (Å²) >= 11 is 0. The molecule has 2 N–H and O–H groups in total. The molecule has 1 aliphatic heterocycles. The summed E-state index contributed by atoms with van der Waals surface area (Å²) in [6.07, 6.45) is 1.17. The fourth-order valence-corrected chi connectivity index (χ4v) is 3.43. The number of nitrogens with zero attached hydrogens (tertiary/aromatic N) is 1. The van der Waals surface area contributed by atoms with Gasteiger partial charge in [-0.3, -0.25) is 9.59 Å². The fraction of sp³-hybridized carbons (Fsp3) is 0.450. The summed E-state index contributed by atoms with van der Waals surface area (Å²) in [5.74, 6) is -0.0994. The molecule has 0 bridgehead atoms. The standard InChI is InChI=1S/C20H24N2O5/c1-11-12(2)20(25)27-18-13(3)16(5-4-15(11)18)26-10-17(23)22-8-6-14(7-9-22)19(21)24/h4-5,14H,6-10H2,1-3H3,(H2,21,24). The number of piperidine rings is 1. The van der Waals surface area contributed by atoms with E-state index in [2.05, 4.69) is 0 Å². The van der Waals surface area contributed by atoms with E-state index < -0.39 is 0 Å². The molecule has 7 heteroatoms. The van der Waals surface area contributed by atoms with Gasteiger partial charge in [-0.2, -0.15) is 0 Å². The third-order valence-electron chi connectivity index (χ3n) is 5.42. The summed E-state index contributed by atoms with van der Waals surface area (Å²) in [5, 5.41) is 0.858. The smallest absolute Gasteiger partial charge is 0.339 e. The molecule has 1 fully saturated rings. The summed E-state index contributed by atoms with van der Waals surface area (Å²) in [5.41, 5.74) is 7.59. The van der Waals surface area contributed by atoms with Gasteiger partial charge in [-0.15, -0.1) is 0 Å². The van der Waals surface area contributed by atoms with Crippen LogP contribution in [0.15, 0.2) is 21.3 Å². The molecule has 1 saturated heterocycles. The lowest BCUT2D eigenvalue weighted by Crippen LogP contribution is -2.43. The Balaban J connectivity index is 1.71. The number of hydrogen-bond acceptors (Lipinski definition) is 5. The average molecular weight is 372 g/mol. The van der Waals surface area contributed by atoms with E-state index in [-0.39, 0.29) is 30.0 Å². The molecule has 7 nitrogen and oxygen atoms in total. The quantitative estimate of drug-likeness (QED) is 0.825. The lowest BCUT2D eigenvalue weighted by Gasteiger charge is -2.30. The van der Waals surface area contributed by atoms with Crippen LogP contribution < -0.4 is 16.1 Å². The lowest BCUT2D eigenvalue weighted by atomic mass is 9.96. The number of aryl methyl sites for hydroxylation is 2. The molecule has 27 heavy (non-hydrogen) atoms. The summed E-state index contributed by atoms with van der Waals surface area (Å²) < 4.78 is 11.1. The van der Waals surface area contributed by atoms with Gasteiger partial charge in [0.2, 0.25) is 5.91 Å². The second-order valence-electron chi connectivity index (χ2n) is 7.05. The number of nitrogens with two attached hydrogens (primary N) is 1. The first kappa shape index (κ1) is 18.9. The molecule has 1 aliphatic rings. The van der Waals surface area contributed by atoms with E-state index in [4.69, 9.17) is 14.9 Å². The van der Waals surface area contributed by atoms with Gasteiger partial charge < -0.3 is 19.8 Å². The Morgan fingerprint density at radius 1 is 1.15 bits per heavy atom. The zero-order valence-corrected chi connectivity index (χ0v) is 15.8. The highest BCUT2D eigenvalue weighted by Gasteiger charge is 2.26. The molecule has 2 heterocycles. The Kier molecular flexibility index (Phi) is 5.21. The third-order valence-corrected chi connectivity index (χ3v) is 5.42. The van der Waals surface area contributed by atoms with Gasteiger partial charge in [0.1, 0.15) is 11.3 Å². The Morgan fingerprint density at radius 2 is 1.81 bits per heavy atom. The Labute approximate surface area is 157 Å². The van der Waals surface area contributed by atoms with Crippen LogP contribution in [0.25, 0.3) is 11.0 Å². The zero-order valence-electron chi connectivity index (χ0n) is 15.8. The predicted molar refractivity (Wildman–Crippen MR) is 101 cm³/mol. The average Bonchev–Trinajstić information content (AvgIpc) is 2.66. The van der Waals surface area contributed by atoms with Crippen LogP contribution in [0.3, 0.4) is 0 Å². The number of ether oxygens (including phenoxy) is 1. The van der Waals surface area contributed by atoms with Crippen molar-refractivity contribution in [2.75, 3.05) is 19.7 Å². The maximum Gasteiger partial charge on any atom is 0.339 e. The van der Waals surface area contributed by atoms with Crippen LogP contribution in [0.5, 0.6) is 5.75 Å². The molecule has 0 atom stereocenters. The summed E-state index contributed by atoms with van der Waals surface area (Å²) in [4.78, 5) is 37.3. The van der Waals surface area contributed by atoms with Gasteiger partial charge in [0, 0.05) is 35.5 Å². The van der Waals surface area contributed by atoms with E-state index in [1.54, 1.807) is 24.8 Å². The second-order valence-corrected chi connectivity index (χ2v) is 7.05. The number of benzene rings is 1. The van der Waals surface area contributed by atoms with E-state index in [1.807, 2.05) is 13.0 Å². The van der Waals surface area contributed by atoms with E-state index in [0.717, 1.165) is 10.9 Å². The lowest BCUT2D eigenvalue weighted by molar-refractivity contribution is -0.136. The van der Waals surface area contributed by atoms with Gasteiger partial charge >= 0.3 is 5.63 Å². The molecule has 1 aromatic heterocycles. The first-order valence-electron chi connectivity index (χ1n) is 9.03. The summed E-state index contributed by atoms with van der Waals surface area (Å²) in [6, 6.07) is 3.63. The van der Waals surface area contributed by atoms with Crippen molar-refractivity contribution in [3.8, 4) is 5.75 Å². The second kappa shape index (κ2) is 7.42. The van der Waals surface area contributed by atoms with Crippen molar-refractivity contribution in [3.63, 3.8) is 0 Å². The molecule has 1 aromatic carbocycles. The number of likely N-dealkylation sites (tertiary alicyclic amines) is 1. The van der Waals surface area contributed by atoms with Gasteiger partial charge in [-0.05, 0) is 51.3 Å². The normalized spacial score (nSPS) is 15.1. The highest BCUT2D eigenvalue weighted by molar-refractivity contribution is 5.86. The van der Waals surface area contributed by atoms with Gasteiger partial charge in [0.05, 0.1) is 0 Å². The van der Waals surface area contributed by atoms with Crippen LogP contribution in [0.2, 0.25) is 0 Å². The highest BCUT2D eigenvalue weighted by Crippen LogP contribution is 2.29. The number of carbonyl (C=O) groups excluding carboxylic acids is 2. The molecule has 0 aliphatic carbocycles.